The number of sulfonamides is 1. The lowest BCUT2D eigenvalue weighted by atomic mass is 10.1. The summed E-state index contributed by atoms with van der Waals surface area (Å²) in [6.07, 6.45) is 4.12. The topological polar surface area (TPSA) is 87.7 Å². The minimum atomic E-state index is -3.83. The molecule has 1 aromatic rings. The summed E-state index contributed by atoms with van der Waals surface area (Å²) in [5, 5.41) is 2.99. The van der Waals surface area contributed by atoms with E-state index in [1.165, 1.54) is 25.0 Å². The van der Waals surface area contributed by atoms with Crippen molar-refractivity contribution in [2.75, 3.05) is 39.3 Å². The molecular weight excluding hydrogens is 414 g/mol. The molecule has 0 saturated carbocycles. The second-order valence-corrected chi connectivity index (χ2v) is 10.1. The first-order chi connectivity index (χ1) is 13.8. The highest BCUT2D eigenvalue weighted by atomic mass is 35.5. The first-order valence-corrected chi connectivity index (χ1v) is 12.1. The maximum atomic E-state index is 12.7. The summed E-state index contributed by atoms with van der Waals surface area (Å²) in [5.74, 6) is 0.0196. The summed E-state index contributed by atoms with van der Waals surface area (Å²) in [6, 6.07) is 4.33. The fourth-order valence-corrected chi connectivity index (χ4v) is 5.37. The molecular formula is C20H30ClN3O4S. The molecule has 2 fully saturated rings. The average molecular weight is 444 g/mol. The Morgan fingerprint density at radius 3 is 2.76 bits per heavy atom. The van der Waals surface area contributed by atoms with Gasteiger partial charge in [0.1, 0.15) is 4.90 Å². The van der Waals surface area contributed by atoms with Crippen LogP contribution in [0.25, 0.3) is 0 Å². The van der Waals surface area contributed by atoms with E-state index >= 15 is 0 Å². The number of hydrogen-bond acceptors (Lipinski definition) is 5. The minimum absolute atomic E-state index is 0.0868. The third kappa shape index (κ3) is 6.39. The fourth-order valence-electron chi connectivity index (χ4n) is 3.78. The highest BCUT2D eigenvalue weighted by Gasteiger charge is 2.23. The van der Waals surface area contributed by atoms with Gasteiger partial charge in [-0.05, 0) is 62.9 Å². The zero-order valence-electron chi connectivity index (χ0n) is 16.8. The van der Waals surface area contributed by atoms with E-state index in [0.29, 0.717) is 19.1 Å². The van der Waals surface area contributed by atoms with Crippen molar-refractivity contribution in [2.45, 2.75) is 43.6 Å². The van der Waals surface area contributed by atoms with Gasteiger partial charge < -0.3 is 15.0 Å². The Bertz CT molecular complexity index is 806. The van der Waals surface area contributed by atoms with E-state index in [9.17, 15) is 13.2 Å². The van der Waals surface area contributed by atoms with Crippen LogP contribution in [0.5, 0.6) is 0 Å². The van der Waals surface area contributed by atoms with Crippen molar-refractivity contribution in [3.8, 4) is 0 Å². The normalized spacial score (nSPS) is 21.4. The second-order valence-electron chi connectivity index (χ2n) is 7.96. The van der Waals surface area contributed by atoms with Crippen molar-refractivity contribution in [1.82, 2.24) is 14.9 Å². The minimum Gasteiger partial charge on any atom is -0.377 e. The first-order valence-electron chi connectivity index (χ1n) is 10.3. The van der Waals surface area contributed by atoms with Crippen molar-refractivity contribution in [3.05, 3.63) is 28.8 Å². The Hall–Kier alpha value is -1.19. The summed E-state index contributed by atoms with van der Waals surface area (Å²) in [7, 11) is -3.83. The number of rotatable bonds is 9. The van der Waals surface area contributed by atoms with Gasteiger partial charge in [0, 0.05) is 31.8 Å². The monoisotopic (exact) mass is 443 g/mol. The molecule has 2 unspecified atom stereocenters. The summed E-state index contributed by atoms with van der Waals surface area (Å²) in [6.45, 7) is 6.68. The molecule has 29 heavy (non-hydrogen) atoms. The van der Waals surface area contributed by atoms with Crippen LogP contribution in [-0.4, -0.2) is 64.7 Å². The molecule has 0 bridgehead atoms. The molecule has 9 heteroatoms. The number of likely N-dealkylation sites (tertiary alicyclic amines) is 1. The van der Waals surface area contributed by atoms with Gasteiger partial charge in [-0.3, -0.25) is 4.79 Å². The summed E-state index contributed by atoms with van der Waals surface area (Å²) in [4.78, 5) is 14.9. The zero-order valence-corrected chi connectivity index (χ0v) is 18.4. The van der Waals surface area contributed by atoms with Crippen LogP contribution in [-0.2, 0) is 14.8 Å². The molecule has 2 N–H and O–H groups in total. The Kier molecular flexibility index (Phi) is 7.92. The number of carbonyl (C=O) groups excluding carboxylic acids is 1. The van der Waals surface area contributed by atoms with Crippen LogP contribution in [0.1, 0.15) is 43.0 Å². The van der Waals surface area contributed by atoms with Gasteiger partial charge in [0.15, 0.2) is 0 Å². The molecule has 2 heterocycles. The maximum Gasteiger partial charge on any atom is 0.251 e. The highest BCUT2D eigenvalue weighted by molar-refractivity contribution is 7.89. The molecule has 7 nitrogen and oxygen atoms in total. The van der Waals surface area contributed by atoms with Crippen LogP contribution in [0.15, 0.2) is 23.1 Å². The SMILES string of the molecule is CC(CNC(=O)c1ccc(Cl)c(S(=O)(=O)NCC2CCCO2)c1)CN1CCCC1. The number of ether oxygens (including phenoxy) is 1. The van der Waals surface area contributed by atoms with Crippen LogP contribution in [0.3, 0.4) is 0 Å². The predicted molar refractivity (Wildman–Crippen MR) is 113 cm³/mol. The van der Waals surface area contributed by atoms with Crippen molar-refractivity contribution >= 4 is 27.5 Å². The smallest absolute Gasteiger partial charge is 0.251 e. The maximum absolute atomic E-state index is 12.7. The Labute approximate surface area is 178 Å². The lowest BCUT2D eigenvalue weighted by Crippen LogP contribution is -2.34. The van der Waals surface area contributed by atoms with Crippen LogP contribution < -0.4 is 10.0 Å². The Balaban J connectivity index is 1.58. The largest absolute Gasteiger partial charge is 0.377 e. The first kappa shape index (κ1) is 22.5. The second kappa shape index (κ2) is 10.2. The third-order valence-electron chi connectivity index (χ3n) is 5.39. The Morgan fingerprint density at radius 1 is 1.31 bits per heavy atom. The quantitative estimate of drug-likeness (QED) is 0.611. The lowest BCUT2D eigenvalue weighted by molar-refractivity contribution is 0.0945. The van der Waals surface area contributed by atoms with Gasteiger partial charge in [0.25, 0.3) is 5.91 Å². The molecule has 2 aliphatic rings. The van der Waals surface area contributed by atoms with Gasteiger partial charge in [0.2, 0.25) is 10.0 Å². The van der Waals surface area contributed by atoms with E-state index in [-0.39, 0.29) is 34.0 Å². The van der Waals surface area contributed by atoms with Crippen molar-refractivity contribution in [3.63, 3.8) is 0 Å². The van der Waals surface area contributed by atoms with Crippen LogP contribution in [0.4, 0.5) is 0 Å². The molecule has 0 aromatic heterocycles. The van der Waals surface area contributed by atoms with Crippen LogP contribution in [0.2, 0.25) is 5.02 Å². The van der Waals surface area contributed by atoms with E-state index < -0.39 is 10.0 Å². The summed E-state index contributed by atoms with van der Waals surface area (Å²) in [5.41, 5.74) is 0.278. The molecule has 2 atom stereocenters. The standard InChI is InChI=1S/C20H30ClN3O4S/c1-15(14-24-8-2-3-9-24)12-22-20(25)16-6-7-18(21)19(11-16)29(26,27)23-13-17-5-4-10-28-17/h6-7,11,15,17,23H,2-5,8-10,12-14H2,1H3,(H,22,25). The lowest BCUT2D eigenvalue weighted by Gasteiger charge is -2.20. The van der Waals surface area contributed by atoms with Crippen LogP contribution in [0, 0.1) is 5.92 Å². The number of hydrogen-bond donors (Lipinski definition) is 2. The van der Waals surface area contributed by atoms with E-state index in [4.69, 9.17) is 16.3 Å². The van der Waals surface area contributed by atoms with Crippen molar-refractivity contribution < 1.29 is 17.9 Å². The van der Waals surface area contributed by atoms with Gasteiger partial charge in [-0.1, -0.05) is 18.5 Å². The van der Waals surface area contributed by atoms with E-state index in [1.807, 2.05) is 0 Å². The molecule has 2 saturated heterocycles. The molecule has 0 radical (unpaired) electrons. The summed E-state index contributed by atoms with van der Waals surface area (Å²) >= 11 is 6.12. The average Bonchev–Trinajstić information content (AvgIpc) is 3.39. The number of benzene rings is 1. The molecule has 1 amide bonds. The molecule has 2 aliphatic heterocycles. The zero-order chi connectivity index (χ0) is 20.9. The molecule has 0 spiro atoms. The number of amides is 1. The predicted octanol–water partition coefficient (Wildman–Crippen LogP) is 2.26. The summed E-state index contributed by atoms with van der Waals surface area (Å²) < 4.78 is 33.3. The number of carbonyl (C=O) groups is 1. The van der Waals surface area contributed by atoms with Gasteiger partial charge in [-0.15, -0.1) is 0 Å². The van der Waals surface area contributed by atoms with E-state index in [2.05, 4.69) is 21.9 Å². The Morgan fingerprint density at radius 2 is 2.07 bits per heavy atom. The van der Waals surface area contributed by atoms with Gasteiger partial charge in [-0.25, -0.2) is 13.1 Å². The van der Waals surface area contributed by atoms with E-state index in [0.717, 1.165) is 32.5 Å². The molecule has 162 valence electrons. The van der Waals surface area contributed by atoms with Crippen molar-refractivity contribution in [1.29, 1.82) is 0 Å². The van der Waals surface area contributed by atoms with Crippen molar-refractivity contribution in [2.24, 2.45) is 5.92 Å². The highest BCUT2D eigenvalue weighted by Crippen LogP contribution is 2.23. The molecule has 1 aromatic carbocycles. The van der Waals surface area contributed by atoms with Gasteiger partial charge in [-0.2, -0.15) is 0 Å². The third-order valence-corrected chi connectivity index (χ3v) is 7.29. The molecule has 0 aliphatic carbocycles. The van der Waals surface area contributed by atoms with Gasteiger partial charge >= 0.3 is 0 Å². The number of nitrogens with zero attached hydrogens (tertiary/aromatic N) is 1. The number of nitrogens with one attached hydrogen (secondary N) is 2. The van der Waals surface area contributed by atoms with Crippen LogP contribution >= 0.6 is 11.6 Å². The number of halogens is 1. The van der Waals surface area contributed by atoms with E-state index in [1.54, 1.807) is 6.07 Å². The molecule has 3 rings (SSSR count). The fraction of sp³-hybridized carbons (Fsp3) is 0.650. The van der Waals surface area contributed by atoms with Gasteiger partial charge in [0.05, 0.1) is 11.1 Å².